The molecular weight excluding hydrogens is 246 g/mol. The second-order valence-electron chi connectivity index (χ2n) is 4.92. The zero-order chi connectivity index (χ0) is 13.4. The lowest BCUT2D eigenvalue weighted by Crippen LogP contribution is -2.20. The summed E-state index contributed by atoms with van der Waals surface area (Å²) in [5, 5.41) is 2.77. The highest BCUT2D eigenvalue weighted by molar-refractivity contribution is 5.90. The molecule has 1 aliphatic carbocycles. The lowest BCUT2D eigenvalue weighted by Gasteiger charge is -2.18. The van der Waals surface area contributed by atoms with Gasteiger partial charge in [0.05, 0.1) is 18.9 Å². The number of methoxy groups -OCH3 is 1. The maximum atomic E-state index is 11.2. The molecule has 3 atom stereocenters. The third kappa shape index (κ3) is 2.51. The Labute approximate surface area is 111 Å². The number of benzene rings is 1. The molecule has 1 aromatic rings. The van der Waals surface area contributed by atoms with Crippen LogP contribution in [-0.2, 0) is 9.53 Å². The lowest BCUT2D eigenvalue weighted by molar-refractivity contribution is -0.114. The summed E-state index contributed by atoms with van der Waals surface area (Å²) in [5.41, 5.74) is 0.664. The fourth-order valence-electron chi connectivity index (χ4n) is 2.52. The van der Waals surface area contributed by atoms with Crippen LogP contribution in [0.1, 0.15) is 19.8 Å². The largest absolute Gasteiger partial charge is 0.497 e. The van der Waals surface area contributed by atoms with E-state index in [1.54, 1.807) is 25.3 Å². The molecule has 1 amide bonds. The number of rotatable bonds is 4. The van der Waals surface area contributed by atoms with Crippen LogP contribution in [0.5, 0.6) is 11.5 Å². The predicted molar refractivity (Wildman–Crippen MR) is 69.6 cm³/mol. The fraction of sp³-hybridized carbons (Fsp3) is 0.500. The zero-order valence-corrected chi connectivity index (χ0v) is 11.0. The van der Waals surface area contributed by atoms with Gasteiger partial charge in [-0.1, -0.05) is 0 Å². The van der Waals surface area contributed by atoms with E-state index in [4.69, 9.17) is 14.2 Å². The van der Waals surface area contributed by atoms with Crippen molar-refractivity contribution in [1.29, 1.82) is 0 Å². The minimum atomic E-state index is -0.123. The summed E-state index contributed by atoms with van der Waals surface area (Å²) in [5.74, 6) is 1.22. The number of hydrogen-bond acceptors (Lipinski definition) is 4. The first-order chi connectivity index (χ1) is 9.17. The molecule has 0 spiro atoms. The zero-order valence-electron chi connectivity index (χ0n) is 11.0. The van der Waals surface area contributed by atoms with Crippen molar-refractivity contribution >= 4 is 11.6 Å². The average molecular weight is 263 g/mol. The summed E-state index contributed by atoms with van der Waals surface area (Å²) >= 11 is 0. The summed E-state index contributed by atoms with van der Waals surface area (Å²) in [4.78, 5) is 11.2. The van der Waals surface area contributed by atoms with Crippen molar-refractivity contribution < 1.29 is 19.0 Å². The van der Waals surface area contributed by atoms with E-state index < -0.39 is 0 Å². The normalized spacial score (nSPS) is 27.6. The van der Waals surface area contributed by atoms with Crippen LogP contribution in [0.15, 0.2) is 18.2 Å². The first-order valence-corrected chi connectivity index (χ1v) is 6.45. The molecule has 102 valence electrons. The van der Waals surface area contributed by atoms with Gasteiger partial charge in [-0.15, -0.1) is 0 Å². The molecule has 2 fully saturated rings. The smallest absolute Gasteiger partial charge is 0.221 e. The number of epoxide rings is 1. The van der Waals surface area contributed by atoms with E-state index in [9.17, 15) is 4.79 Å². The van der Waals surface area contributed by atoms with Gasteiger partial charge in [0.1, 0.15) is 23.7 Å². The van der Waals surface area contributed by atoms with Gasteiger partial charge in [0.2, 0.25) is 5.91 Å². The molecule has 1 N–H and O–H groups in total. The number of carbonyl (C=O) groups excluding carboxylic acids is 1. The number of anilines is 1. The number of fused-ring (bicyclic) bond motifs is 1. The van der Waals surface area contributed by atoms with Crippen LogP contribution in [-0.4, -0.2) is 31.3 Å². The van der Waals surface area contributed by atoms with Crippen LogP contribution in [0.25, 0.3) is 0 Å². The number of amides is 1. The fourth-order valence-corrected chi connectivity index (χ4v) is 2.52. The molecule has 19 heavy (non-hydrogen) atoms. The number of hydrogen-bond donors (Lipinski definition) is 1. The Morgan fingerprint density at radius 2 is 2.26 bits per heavy atom. The third-order valence-electron chi connectivity index (χ3n) is 3.50. The Kier molecular flexibility index (Phi) is 3.06. The average Bonchev–Trinajstić information content (AvgIpc) is 3.07. The van der Waals surface area contributed by atoms with Crippen molar-refractivity contribution in [2.45, 2.75) is 38.1 Å². The Morgan fingerprint density at radius 3 is 2.84 bits per heavy atom. The standard InChI is InChI=1S/C14H17NO4/c1-8(16)15-10-4-3-9(17-2)7-13(10)18-11-5-6-12-14(11)19-12/h3-4,7,11-12,14H,5-6H2,1-2H3,(H,15,16)/t11-,12+,14+/m0/s1. The highest BCUT2D eigenvalue weighted by Crippen LogP contribution is 2.42. The Morgan fingerprint density at radius 1 is 1.42 bits per heavy atom. The Balaban J connectivity index is 1.81. The highest BCUT2D eigenvalue weighted by atomic mass is 16.6. The van der Waals surface area contributed by atoms with Crippen molar-refractivity contribution in [3.63, 3.8) is 0 Å². The molecule has 2 aliphatic rings. The SMILES string of the molecule is COc1ccc(NC(C)=O)c(O[C@H]2CC[C@H]3O[C@H]23)c1. The number of ether oxygens (including phenoxy) is 3. The van der Waals surface area contributed by atoms with Gasteiger partial charge in [0, 0.05) is 13.0 Å². The van der Waals surface area contributed by atoms with Gasteiger partial charge in [-0.05, 0) is 25.0 Å². The monoisotopic (exact) mass is 263 g/mol. The van der Waals surface area contributed by atoms with E-state index in [1.165, 1.54) is 6.92 Å². The van der Waals surface area contributed by atoms with E-state index in [-0.39, 0.29) is 18.1 Å². The number of carbonyl (C=O) groups is 1. The van der Waals surface area contributed by atoms with Gasteiger partial charge in [0.25, 0.3) is 0 Å². The molecule has 5 nitrogen and oxygen atoms in total. The molecule has 5 heteroatoms. The second-order valence-corrected chi connectivity index (χ2v) is 4.92. The molecule has 0 aromatic heterocycles. The maximum absolute atomic E-state index is 11.2. The molecule has 1 heterocycles. The van der Waals surface area contributed by atoms with E-state index in [2.05, 4.69) is 5.32 Å². The van der Waals surface area contributed by atoms with Crippen molar-refractivity contribution in [2.75, 3.05) is 12.4 Å². The van der Waals surface area contributed by atoms with Gasteiger partial charge < -0.3 is 19.5 Å². The summed E-state index contributed by atoms with van der Waals surface area (Å²) in [6, 6.07) is 5.37. The number of nitrogens with one attached hydrogen (secondary N) is 1. The maximum Gasteiger partial charge on any atom is 0.221 e. The van der Waals surface area contributed by atoms with E-state index in [0.29, 0.717) is 23.3 Å². The second kappa shape index (κ2) is 4.74. The van der Waals surface area contributed by atoms with Crippen LogP contribution >= 0.6 is 0 Å². The molecule has 1 aromatic carbocycles. The van der Waals surface area contributed by atoms with Crippen molar-refractivity contribution in [3.8, 4) is 11.5 Å². The lowest BCUT2D eigenvalue weighted by atomic mass is 10.2. The van der Waals surface area contributed by atoms with E-state index in [1.807, 2.05) is 0 Å². The van der Waals surface area contributed by atoms with Gasteiger partial charge in [0.15, 0.2) is 0 Å². The van der Waals surface area contributed by atoms with Gasteiger partial charge in [-0.25, -0.2) is 0 Å². The summed E-state index contributed by atoms with van der Waals surface area (Å²) in [7, 11) is 1.60. The van der Waals surface area contributed by atoms with Gasteiger partial charge >= 0.3 is 0 Å². The van der Waals surface area contributed by atoms with Crippen LogP contribution in [0.4, 0.5) is 5.69 Å². The molecule has 1 saturated carbocycles. The van der Waals surface area contributed by atoms with Gasteiger partial charge in [-0.2, -0.15) is 0 Å². The summed E-state index contributed by atoms with van der Waals surface area (Å²) in [6.45, 7) is 1.48. The first kappa shape index (κ1) is 12.3. The molecular formula is C14H17NO4. The van der Waals surface area contributed by atoms with Crippen LogP contribution in [0.3, 0.4) is 0 Å². The summed E-state index contributed by atoms with van der Waals surface area (Å²) in [6.07, 6.45) is 2.71. The molecule has 1 aliphatic heterocycles. The van der Waals surface area contributed by atoms with E-state index in [0.717, 1.165) is 12.8 Å². The minimum absolute atomic E-state index is 0.0737. The quantitative estimate of drug-likeness (QED) is 0.844. The molecule has 3 rings (SSSR count). The van der Waals surface area contributed by atoms with Gasteiger partial charge in [-0.3, -0.25) is 4.79 Å². The van der Waals surface area contributed by atoms with Crippen molar-refractivity contribution in [2.24, 2.45) is 0 Å². The molecule has 0 bridgehead atoms. The minimum Gasteiger partial charge on any atom is -0.497 e. The molecule has 0 radical (unpaired) electrons. The molecule has 0 unspecified atom stereocenters. The van der Waals surface area contributed by atoms with Crippen LogP contribution in [0.2, 0.25) is 0 Å². The third-order valence-corrected chi connectivity index (χ3v) is 3.50. The van der Waals surface area contributed by atoms with Crippen LogP contribution in [0, 0.1) is 0 Å². The topological polar surface area (TPSA) is 60.1 Å². The Bertz CT molecular complexity index is 502. The predicted octanol–water partition coefficient (Wildman–Crippen LogP) is 1.96. The first-order valence-electron chi connectivity index (χ1n) is 6.45. The Hall–Kier alpha value is -1.75. The highest BCUT2D eigenvalue weighted by Gasteiger charge is 2.51. The van der Waals surface area contributed by atoms with E-state index >= 15 is 0 Å². The van der Waals surface area contributed by atoms with Crippen molar-refractivity contribution in [1.82, 2.24) is 0 Å². The van der Waals surface area contributed by atoms with Crippen LogP contribution < -0.4 is 14.8 Å². The van der Waals surface area contributed by atoms with Crippen molar-refractivity contribution in [3.05, 3.63) is 18.2 Å². The molecule has 1 saturated heterocycles. The summed E-state index contributed by atoms with van der Waals surface area (Å²) < 4.78 is 16.6.